The van der Waals surface area contributed by atoms with Gasteiger partial charge in [0, 0.05) is 0 Å². The molecule has 0 atom stereocenters. The van der Waals surface area contributed by atoms with Crippen LogP contribution in [-0.2, 0) is 0 Å². The van der Waals surface area contributed by atoms with Crippen molar-refractivity contribution >= 4 is 5.57 Å². The number of hydrogen-bond acceptors (Lipinski definition) is 0. The van der Waals surface area contributed by atoms with E-state index in [1.54, 1.807) is 12.1 Å². The van der Waals surface area contributed by atoms with Crippen LogP contribution in [0.3, 0.4) is 0 Å². The van der Waals surface area contributed by atoms with E-state index in [2.05, 4.69) is 13.0 Å². The maximum atomic E-state index is 13.2. The lowest BCUT2D eigenvalue weighted by Gasteiger charge is -2.07. The molecule has 0 aliphatic heterocycles. The molecular formula is C16H21F. The Labute approximate surface area is 104 Å². The van der Waals surface area contributed by atoms with Crippen LogP contribution >= 0.6 is 0 Å². The van der Waals surface area contributed by atoms with Gasteiger partial charge in [-0.15, -0.1) is 0 Å². The molecule has 0 saturated heterocycles. The molecule has 0 aliphatic carbocycles. The quantitative estimate of drug-likeness (QED) is 0.457. The van der Waals surface area contributed by atoms with Crippen LogP contribution in [0.4, 0.5) is 4.39 Å². The van der Waals surface area contributed by atoms with E-state index in [9.17, 15) is 4.39 Å². The van der Waals surface area contributed by atoms with Crippen LogP contribution in [0.25, 0.3) is 5.57 Å². The van der Waals surface area contributed by atoms with Gasteiger partial charge in [0.2, 0.25) is 0 Å². The number of unbranched alkanes of at least 4 members (excludes halogenated alkanes) is 2. The average Bonchev–Trinajstić information content (AvgIpc) is 2.33. The van der Waals surface area contributed by atoms with Gasteiger partial charge >= 0.3 is 0 Å². The van der Waals surface area contributed by atoms with Gasteiger partial charge in [-0.25, -0.2) is 4.39 Å². The number of hydrogen-bond donors (Lipinski definition) is 0. The summed E-state index contributed by atoms with van der Waals surface area (Å²) in [5, 5.41) is 0. The summed E-state index contributed by atoms with van der Waals surface area (Å²) in [6, 6.07) is 6.85. The smallest absolute Gasteiger partial charge is 0.123 e. The second kappa shape index (κ2) is 7.83. The van der Waals surface area contributed by atoms with Crippen molar-refractivity contribution in [3.8, 4) is 0 Å². The van der Waals surface area contributed by atoms with E-state index >= 15 is 0 Å². The van der Waals surface area contributed by atoms with E-state index in [1.165, 1.54) is 24.5 Å². The van der Waals surface area contributed by atoms with Gasteiger partial charge in [0.15, 0.2) is 0 Å². The van der Waals surface area contributed by atoms with E-state index in [4.69, 9.17) is 0 Å². The molecule has 0 unspecified atom stereocenters. The zero-order valence-electron chi connectivity index (χ0n) is 10.7. The third-order valence-electron chi connectivity index (χ3n) is 2.73. The summed E-state index contributed by atoms with van der Waals surface area (Å²) in [7, 11) is 0. The van der Waals surface area contributed by atoms with Crippen molar-refractivity contribution in [2.75, 3.05) is 0 Å². The van der Waals surface area contributed by atoms with Gasteiger partial charge in [-0.3, -0.25) is 0 Å². The first-order valence-corrected chi connectivity index (χ1v) is 6.35. The molecule has 1 aromatic carbocycles. The Kier molecular flexibility index (Phi) is 6.31. The molecule has 0 spiro atoms. The van der Waals surface area contributed by atoms with Crippen LogP contribution in [0.2, 0.25) is 0 Å². The second-order valence-electron chi connectivity index (χ2n) is 4.19. The highest BCUT2D eigenvalue weighted by molar-refractivity contribution is 5.66. The second-order valence-corrected chi connectivity index (χ2v) is 4.19. The van der Waals surface area contributed by atoms with Crippen LogP contribution in [0, 0.1) is 5.82 Å². The first kappa shape index (κ1) is 13.7. The van der Waals surface area contributed by atoms with Gasteiger partial charge in [-0.05, 0) is 43.0 Å². The van der Waals surface area contributed by atoms with Crippen molar-refractivity contribution in [3.05, 3.63) is 53.9 Å². The van der Waals surface area contributed by atoms with E-state index in [0.717, 1.165) is 18.4 Å². The SMILES string of the molecule is C/C=C/C=C(/CCCCC)c1cccc(F)c1. The summed E-state index contributed by atoms with van der Waals surface area (Å²) >= 11 is 0. The molecule has 0 fully saturated rings. The fraction of sp³-hybridized carbons (Fsp3) is 0.375. The van der Waals surface area contributed by atoms with Crippen LogP contribution in [0.5, 0.6) is 0 Å². The van der Waals surface area contributed by atoms with E-state index in [1.807, 2.05) is 25.1 Å². The predicted octanol–water partition coefficient (Wildman–Crippen LogP) is 5.37. The lowest BCUT2D eigenvalue weighted by molar-refractivity contribution is 0.627. The van der Waals surface area contributed by atoms with Crippen LogP contribution in [-0.4, -0.2) is 0 Å². The lowest BCUT2D eigenvalue weighted by Crippen LogP contribution is -1.87. The third-order valence-corrected chi connectivity index (χ3v) is 2.73. The van der Waals surface area contributed by atoms with Crippen molar-refractivity contribution in [1.82, 2.24) is 0 Å². The molecule has 1 aromatic rings. The standard InChI is InChI=1S/C16H21F/c1-3-5-7-10-14(9-6-4-2)15-11-8-12-16(17)13-15/h4,6,8-9,11-13H,3,5,7,10H2,1-2H3/b6-4+,14-9-. The van der Waals surface area contributed by atoms with Crippen molar-refractivity contribution in [2.45, 2.75) is 39.5 Å². The summed E-state index contributed by atoms with van der Waals surface area (Å²) in [5.74, 6) is -0.163. The summed E-state index contributed by atoms with van der Waals surface area (Å²) in [6.45, 7) is 4.18. The molecule has 0 radical (unpaired) electrons. The molecule has 0 saturated carbocycles. The van der Waals surface area contributed by atoms with Crippen molar-refractivity contribution < 1.29 is 4.39 Å². The number of benzene rings is 1. The van der Waals surface area contributed by atoms with Gasteiger partial charge in [-0.1, -0.05) is 50.1 Å². The third kappa shape index (κ3) is 4.99. The van der Waals surface area contributed by atoms with E-state index < -0.39 is 0 Å². The van der Waals surface area contributed by atoms with Crippen LogP contribution in [0.1, 0.15) is 45.1 Å². The van der Waals surface area contributed by atoms with Crippen molar-refractivity contribution in [1.29, 1.82) is 0 Å². The molecule has 17 heavy (non-hydrogen) atoms. The maximum absolute atomic E-state index is 13.2. The molecule has 0 bridgehead atoms. The largest absolute Gasteiger partial charge is 0.207 e. The molecule has 0 heterocycles. The zero-order valence-corrected chi connectivity index (χ0v) is 10.7. The van der Waals surface area contributed by atoms with Crippen molar-refractivity contribution in [3.63, 3.8) is 0 Å². The van der Waals surface area contributed by atoms with E-state index in [-0.39, 0.29) is 5.82 Å². The van der Waals surface area contributed by atoms with Gasteiger partial charge in [0.1, 0.15) is 5.82 Å². The first-order chi connectivity index (χ1) is 8.27. The molecule has 0 N–H and O–H groups in total. The Morgan fingerprint density at radius 3 is 2.76 bits per heavy atom. The highest BCUT2D eigenvalue weighted by atomic mass is 19.1. The maximum Gasteiger partial charge on any atom is 0.123 e. The monoisotopic (exact) mass is 232 g/mol. The molecule has 0 aromatic heterocycles. The normalized spacial score (nSPS) is 12.3. The molecular weight excluding hydrogens is 211 g/mol. The Hall–Kier alpha value is -1.37. The van der Waals surface area contributed by atoms with Gasteiger partial charge in [-0.2, -0.15) is 0 Å². The summed E-state index contributed by atoms with van der Waals surface area (Å²) in [6.07, 6.45) is 10.7. The Morgan fingerprint density at radius 2 is 2.12 bits per heavy atom. The number of halogens is 1. The Bertz CT molecular complexity index is 388. The van der Waals surface area contributed by atoms with Crippen molar-refractivity contribution in [2.24, 2.45) is 0 Å². The Balaban J connectivity index is 2.82. The minimum Gasteiger partial charge on any atom is -0.207 e. The average molecular weight is 232 g/mol. The minimum atomic E-state index is -0.163. The number of rotatable bonds is 6. The summed E-state index contributed by atoms with van der Waals surface area (Å²) in [4.78, 5) is 0. The fourth-order valence-electron chi connectivity index (χ4n) is 1.79. The highest BCUT2D eigenvalue weighted by Crippen LogP contribution is 2.22. The first-order valence-electron chi connectivity index (χ1n) is 6.35. The molecule has 1 rings (SSSR count). The van der Waals surface area contributed by atoms with Crippen LogP contribution < -0.4 is 0 Å². The molecule has 0 nitrogen and oxygen atoms in total. The molecule has 1 heteroatoms. The molecule has 92 valence electrons. The van der Waals surface area contributed by atoms with Gasteiger partial charge in [0.05, 0.1) is 0 Å². The van der Waals surface area contributed by atoms with Gasteiger partial charge < -0.3 is 0 Å². The predicted molar refractivity (Wildman–Crippen MR) is 73.3 cm³/mol. The molecule has 0 aliphatic rings. The minimum absolute atomic E-state index is 0.163. The van der Waals surface area contributed by atoms with Gasteiger partial charge in [0.25, 0.3) is 0 Å². The topological polar surface area (TPSA) is 0 Å². The lowest BCUT2D eigenvalue weighted by atomic mass is 9.99. The van der Waals surface area contributed by atoms with Crippen LogP contribution in [0.15, 0.2) is 42.5 Å². The highest BCUT2D eigenvalue weighted by Gasteiger charge is 2.02. The Morgan fingerprint density at radius 1 is 1.29 bits per heavy atom. The fourth-order valence-corrected chi connectivity index (χ4v) is 1.79. The summed E-state index contributed by atoms with van der Waals surface area (Å²) < 4.78 is 13.2. The molecule has 0 amide bonds. The number of allylic oxidation sites excluding steroid dienone is 4. The summed E-state index contributed by atoms with van der Waals surface area (Å²) in [5.41, 5.74) is 2.22. The van der Waals surface area contributed by atoms with E-state index in [0.29, 0.717) is 0 Å². The zero-order chi connectivity index (χ0) is 12.5.